The van der Waals surface area contributed by atoms with Crippen molar-refractivity contribution < 1.29 is 18.3 Å². The highest BCUT2D eigenvalue weighted by Gasteiger charge is 2.20. The van der Waals surface area contributed by atoms with E-state index in [4.69, 9.17) is 16.3 Å². The third-order valence-corrected chi connectivity index (χ3v) is 5.37. The number of hydrogen-bond donors (Lipinski definition) is 0. The van der Waals surface area contributed by atoms with E-state index in [2.05, 4.69) is 10.1 Å². The lowest BCUT2D eigenvalue weighted by Gasteiger charge is -2.14. The zero-order valence-electron chi connectivity index (χ0n) is 15.8. The number of halogens is 3. The Labute approximate surface area is 185 Å². The van der Waals surface area contributed by atoms with Crippen molar-refractivity contribution >= 4 is 50.4 Å². The van der Waals surface area contributed by atoms with Crippen LogP contribution in [-0.2, 0) is 4.79 Å². The van der Waals surface area contributed by atoms with Crippen molar-refractivity contribution in [3.8, 4) is 5.75 Å². The van der Waals surface area contributed by atoms with Crippen LogP contribution in [0.25, 0.3) is 10.2 Å². The fourth-order valence-electron chi connectivity index (χ4n) is 2.61. The standard InChI is InChI=1S/C22H14ClF2N3O2S/c23-15-3-8-18(9-4-15)30-13-21(29)28(26-12-14-1-5-16(24)6-2-14)22-27-19-10-7-17(25)11-20(19)31-22/h1-12H,13H2/b26-12+. The van der Waals surface area contributed by atoms with Gasteiger partial charge in [-0.2, -0.15) is 10.1 Å². The zero-order chi connectivity index (χ0) is 21.8. The van der Waals surface area contributed by atoms with Crippen LogP contribution in [-0.4, -0.2) is 23.7 Å². The van der Waals surface area contributed by atoms with Gasteiger partial charge >= 0.3 is 0 Å². The third kappa shape index (κ3) is 5.22. The molecule has 1 aromatic heterocycles. The first-order valence-corrected chi connectivity index (χ1v) is 10.2. The lowest BCUT2D eigenvalue weighted by molar-refractivity contribution is -0.120. The van der Waals surface area contributed by atoms with Crippen molar-refractivity contribution in [2.45, 2.75) is 0 Å². The Balaban J connectivity index is 1.61. The van der Waals surface area contributed by atoms with Gasteiger partial charge in [-0.1, -0.05) is 35.1 Å². The molecule has 1 amide bonds. The minimum Gasteiger partial charge on any atom is -0.484 e. The molecule has 5 nitrogen and oxygen atoms in total. The predicted molar refractivity (Wildman–Crippen MR) is 118 cm³/mol. The Morgan fingerprint density at radius 1 is 1.06 bits per heavy atom. The predicted octanol–water partition coefficient (Wildman–Crippen LogP) is 5.67. The number of aromatic nitrogens is 1. The second-order valence-corrected chi connectivity index (χ2v) is 7.80. The quantitative estimate of drug-likeness (QED) is 0.277. The molecule has 0 spiro atoms. The highest BCUT2D eigenvalue weighted by molar-refractivity contribution is 7.22. The lowest BCUT2D eigenvalue weighted by Crippen LogP contribution is -2.30. The van der Waals surface area contributed by atoms with Crippen molar-refractivity contribution in [3.05, 3.63) is 89.0 Å². The maximum Gasteiger partial charge on any atom is 0.287 e. The molecular formula is C22H14ClF2N3O2S. The molecule has 1 heterocycles. The molecule has 0 saturated heterocycles. The summed E-state index contributed by atoms with van der Waals surface area (Å²) in [6.07, 6.45) is 1.41. The van der Waals surface area contributed by atoms with Crippen LogP contribution in [0.4, 0.5) is 13.9 Å². The first-order chi connectivity index (χ1) is 15.0. The number of fused-ring (bicyclic) bond motifs is 1. The van der Waals surface area contributed by atoms with Gasteiger partial charge in [-0.3, -0.25) is 4.79 Å². The molecule has 31 heavy (non-hydrogen) atoms. The molecule has 0 atom stereocenters. The first-order valence-electron chi connectivity index (χ1n) is 9.05. The van der Waals surface area contributed by atoms with Crippen molar-refractivity contribution in [2.24, 2.45) is 5.10 Å². The average Bonchev–Trinajstić information content (AvgIpc) is 3.17. The second kappa shape index (κ2) is 9.20. The van der Waals surface area contributed by atoms with Crippen LogP contribution < -0.4 is 9.75 Å². The summed E-state index contributed by atoms with van der Waals surface area (Å²) in [6, 6.07) is 16.4. The molecule has 0 saturated carbocycles. The molecule has 156 valence electrons. The van der Waals surface area contributed by atoms with Crippen LogP contribution in [0.3, 0.4) is 0 Å². The number of nitrogens with zero attached hydrogens (tertiary/aromatic N) is 3. The van der Waals surface area contributed by atoms with Crippen LogP contribution in [0, 0.1) is 11.6 Å². The van der Waals surface area contributed by atoms with Crippen LogP contribution in [0.5, 0.6) is 5.75 Å². The molecule has 0 aliphatic carbocycles. The Kier molecular flexibility index (Phi) is 6.20. The Morgan fingerprint density at radius 3 is 2.52 bits per heavy atom. The fourth-order valence-corrected chi connectivity index (χ4v) is 3.70. The van der Waals surface area contributed by atoms with E-state index in [1.165, 1.54) is 48.7 Å². The van der Waals surface area contributed by atoms with Gasteiger partial charge in [-0.15, -0.1) is 0 Å². The largest absolute Gasteiger partial charge is 0.484 e. The molecule has 0 unspecified atom stereocenters. The average molecular weight is 458 g/mol. The number of thiazole rings is 1. The van der Waals surface area contributed by atoms with Gasteiger partial charge in [0.15, 0.2) is 6.61 Å². The molecule has 0 aliphatic heterocycles. The van der Waals surface area contributed by atoms with Gasteiger partial charge in [0.1, 0.15) is 17.4 Å². The second-order valence-electron chi connectivity index (χ2n) is 6.35. The van der Waals surface area contributed by atoms with E-state index in [-0.39, 0.29) is 17.6 Å². The van der Waals surface area contributed by atoms with Crippen LogP contribution in [0.15, 0.2) is 71.8 Å². The van der Waals surface area contributed by atoms with E-state index >= 15 is 0 Å². The fraction of sp³-hybridized carbons (Fsp3) is 0.0455. The molecule has 0 bridgehead atoms. The number of carbonyl (C=O) groups is 1. The molecule has 4 rings (SSSR count). The molecule has 9 heteroatoms. The van der Waals surface area contributed by atoms with E-state index in [9.17, 15) is 13.6 Å². The van der Waals surface area contributed by atoms with Gasteiger partial charge in [-0.05, 0) is 60.2 Å². The van der Waals surface area contributed by atoms with Crippen molar-refractivity contribution in [1.29, 1.82) is 0 Å². The molecule has 0 N–H and O–H groups in total. The smallest absolute Gasteiger partial charge is 0.287 e. The normalized spacial score (nSPS) is 11.2. The number of amides is 1. The molecule has 3 aromatic carbocycles. The van der Waals surface area contributed by atoms with Crippen molar-refractivity contribution in [1.82, 2.24) is 4.98 Å². The summed E-state index contributed by atoms with van der Waals surface area (Å²) in [5.41, 5.74) is 1.12. The van der Waals surface area contributed by atoms with Crippen LogP contribution >= 0.6 is 22.9 Å². The lowest BCUT2D eigenvalue weighted by atomic mass is 10.2. The molecule has 0 radical (unpaired) electrons. The van der Waals surface area contributed by atoms with E-state index in [0.717, 1.165) is 16.3 Å². The molecular weight excluding hydrogens is 444 g/mol. The van der Waals surface area contributed by atoms with Crippen molar-refractivity contribution in [3.63, 3.8) is 0 Å². The number of hydrogen-bond acceptors (Lipinski definition) is 5. The van der Waals surface area contributed by atoms with Gasteiger partial charge < -0.3 is 4.74 Å². The summed E-state index contributed by atoms with van der Waals surface area (Å²) >= 11 is 6.97. The maximum absolute atomic E-state index is 13.6. The van der Waals surface area contributed by atoms with Crippen LogP contribution in [0.2, 0.25) is 5.02 Å². The summed E-state index contributed by atoms with van der Waals surface area (Å²) in [4.78, 5) is 17.3. The highest BCUT2D eigenvalue weighted by Crippen LogP contribution is 2.30. The molecule has 4 aromatic rings. The number of carbonyl (C=O) groups excluding carboxylic acids is 1. The number of benzene rings is 3. The third-order valence-electron chi connectivity index (χ3n) is 4.12. The Hall–Kier alpha value is -3.36. The van der Waals surface area contributed by atoms with E-state index in [1.54, 1.807) is 24.3 Å². The Bertz CT molecular complexity index is 1240. The van der Waals surface area contributed by atoms with Crippen LogP contribution in [0.1, 0.15) is 5.56 Å². The molecule has 0 aliphatic rings. The number of anilines is 1. The number of ether oxygens (including phenoxy) is 1. The summed E-state index contributed by atoms with van der Waals surface area (Å²) in [7, 11) is 0. The highest BCUT2D eigenvalue weighted by atomic mass is 35.5. The van der Waals surface area contributed by atoms with Gasteiger partial charge in [-0.25, -0.2) is 13.8 Å². The molecule has 0 fully saturated rings. The SMILES string of the molecule is O=C(COc1ccc(Cl)cc1)N(/N=C/c1ccc(F)cc1)c1nc2ccc(F)cc2s1. The minimum atomic E-state index is -0.493. The maximum atomic E-state index is 13.6. The van der Waals surface area contributed by atoms with Crippen molar-refractivity contribution in [2.75, 3.05) is 11.6 Å². The van der Waals surface area contributed by atoms with Gasteiger partial charge in [0.2, 0.25) is 5.13 Å². The number of rotatable bonds is 6. The van der Waals surface area contributed by atoms with E-state index in [1.807, 2.05) is 0 Å². The van der Waals surface area contributed by atoms with E-state index < -0.39 is 11.7 Å². The summed E-state index contributed by atoms with van der Waals surface area (Å²) in [5, 5.41) is 6.11. The summed E-state index contributed by atoms with van der Waals surface area (Å²) < 4.78 is 32.8. The summed E-state index contributed by atoms with van der Waals surface area (Å²) in [5.74, 6) is -0.810. The topological polar surface area (TPSA) is 54.8 Å². The van der Waals surface area contributed by atoms with Gasteiger partial charge in [0, 0.05) is 5.02 Å². The monoisotopic (exact) mass is 457 g/mol. The van der Waals surface area contributed by atoms with E-state index in [0.29, 0.717) is 26.6 Å². The van der Waals surface area contributed by atoms with Gasteiger partial charge in [0.05, 0.1) is 16.4 Å². The summed E-state index contributed by atoms with van der Waals surface area (Å²) in [6.45, 7) is -0.313. The minimum absolute atomic E-state index is 0.253. The first kappa shape index (κ1) is 20.9. The Morgan fingerprint density at radius 2 is 1.77 bits per heavy atom. The zero-order valence-corrected chi connectivity index (χ0v) is 17.4. The number of hydrazone groups is 1. The van der Waals surface area contributed by atoms with Gasteiger partial charge in [0.25, 0.3) is 5.91 Å².